The van der Waals surface area contributed by atoms with E-state index in [1.165, 1.54) is 12.0 Å². The maximum atomic E-state index is 13.4. The highest BCUT2D eigenvalue weighted by atomic mass is 16.5. The van der Waals surface area contributed by atoms with Gasteiger partial charge in [-0.2, -0.15) is 0 Å². The van der Waals surface area contributed by atoms with Crippen LogP contribution < -0.4 is 10.1 Å². The molecule has 184 valence electrons. The summed E-state index contributed by atoms with van der Waals surface area (Å²) in [6, 6.07) is 15.6. The van der Waals surface area contributed by atoms with Crippen molar-refractivity contribution in [2.24, 2.45) is 0 Å². The van der Waals surface area contributed by atoms with Crippen molar-refractivity contribution in [3.63, 3.8) is 0 Å². The molecular formula is C29H40N2O3. The molecule has 0 radical (unpaired) electrons. The van der Waals surface area contributed by atoms with E-state index in [2.05, 4.69) is 25.2 Å². The SMILES string of the molecule is CC[C@@H](C(=O)NC1CCCCC1)N(Cc1cccc(C)c1)C(=O)COc1ccc(C(C)C)cc1. The summed E-state index contributed by atoms with van der Waals surface area (Å²) in [5.41, 5.74) is 3.37. The number of rotatable bonds is 10. The van der Waals surface area contributed by atoms with Crippen LogP contribution in [0.4, 0.5) is 0 Å². The van der Waals surface area contributed by atoms with Gasteiger partial charge in [-0.25, -0.2) is 0 Å². The van der Waals surface area contributed by atoms with Gasteiger partial charge >= 0.3 is 0 Å². The van der Waals surface area contributed by atoms with Crippen LogP contribution in [0.1, 0.15) is 81.9 Å². The molecule has 0 bridgehead atoms. The van der Waals surface area contributed by atoms with Gasteiger partial charge in [0, 0.05) is 12.6 Å². The molecule has 3 rings (SSSR count). The van der Waals surface area contributed by atoms with Gasteiger partial charge in [0.05, 0.1) is 0 Å². The third-order valence-electron chi connectivity index (χ3n) is 6.68. The summed E-state index contributed by atoms with van der Waals surface area (Å²) in [6.07, 6.45) is 6.12. The van der Waals surface area contributed by atoms with Crippen molar-refractivity contribution in [1.29, 1.82) is 0 Å². The minimum Gasteiger partial charge on any atom is -0.484 e. The van der Waals surface area contributed by atoms with E-state index in [0.29, 0.717) is 24.6 Å². The van der Waals surface area contributed by atoms with Gasteiger partial charge in [-0.3, -0.25) is 9.59 Å². The van der Waals surface area contributed by atoms with Gasteiger partial charge in [0.1, 0.15) is 11.8 Å². The summed E-state index contributed by atoms with van der Waals surface area (Å²) in [4.78, 5) is 28.4. The molecule has 0 spiro atoms. The maximum Gasteiger partial charge on any atom is 0.261 e. The summed E-state index contributed by atoms with van der Waals surface area (Å²) in [5.74, 6) is 0.859. The fourth-order valence-corrected chi connectivity index (χ4v) is 4.65. The number of benzene rings is 2. The quantitative estimate of drug-likeness (QED) is 0.487. The zero-order valence-electron chi connectivity index (χ0n) is 21.2. The van der Waals surface area contributed by atoms with Crippen LogP contribution in [0.25, 0.3) is 0 Å². The predicted molar refractivity (Wildman–Crippen MR) is 137 cm³/mol. The van der Waals surface area contributed by atoms with Crippen LogP contribution in [0.5, 0.6) is 5.75 Å². The number of nitrogens with one attached hydrogen (secondary N) is 1. The number of ether oxygens (including phenoxy) is 1. The summed E-state index contributed by atoms with van der Waals surface area (Å²) in [6.45, 7) is 8.57. The first-order valence-corrected chi connectivity index (χ1v) is 12.8. The van der Waals surface area contributed by atoms with E-state index in [4.69, 9.17) is 4.74 Å². The lowest BCUT2D eigenvalue weighted by Crippen LogP contribution is -2.52. The van der Waals surface area contributed by atoms with Crippen LogP contribution in [0, 0.1) is 6.92 Å². The van der Waals surface area contributed by atoms with E-state index < -0.39 is 6.04 Å². The van der Waals surface area contributed by atoms with Crippen LogP contribution >= 0.6 is 0 Å². The Balaban J connectivity index is 1.73. The van der Waals surface area contributed by atoms with Crippen LogP contribution in [0.15, 0.2) is 48.5 Å². The molecule has 1 saturated carbocycles. The van der Waals surface area contributed by atoms with Crippen molar-refractivity contribution in [3.05, 3.63) is 65.2 Å². The third kappa shape index (κ3) is 7.34. The normalized spacial score (nSPS) is 15.1. The highest BCUT2D eigenvalue weighted by Crippen LogP contribution is 2.21. The molecule has 1 fully saturated rings. The molecular weight excluding hydrogens is 424 g/mol. The molecule has 0 heterocycles. The summed E-state index contributed by atoms with van der Waals surface area (Å²) in [7, 11) is 0. The number of hydrogen-bond donors (Lipinski definition) is 1. The average molecular weight is 465 g/mol. The van der Waals surface area contributed by atoms with E-state index in [1.807, 2.05) is 56.3 Å². The largest absolute Gasteiger partial charge is 0.484 e. The molecule has 5 nitrogen and oxygen atoms in total. The first kappa shape index (κ1) is 25.8. The molecule has 0 unspecified atom stereocenters. The molecule has 2 aromatic rings. The Bertz CT molecular complexity index is 933. The molecule has 5 heteroatoms. The molecule has 0 aromatic heterocycles. The van der Waals surface area contributed by atoms with Gasteiger partial charge in [-0.15, -0.1) is 0 Å². The molecule has 0 saturated heterocycles. The highest BCUT2D eigenvalue weighted by molar-refractivity contribution is 5.88. The number of carbonyl (C=O) groups is 2. The summed E-state index contributed by atoms with van der Waals surface area (Å²) < 4.78 is 5.85. The highest BCUT2D eigenvalue weighted by Gasteiger charge is 2.30. The van der Waals surface area contributed by atoms with Crippen molar-refractivity contribution in [2.45, 2.75) is 90.8 Å². The minimum atomic E-state index is -0.526. The lowest BCUT2D eigenvalue weighted by Gasteiger charge is -2.32. The molecule has 34 heavy (non-hydrogen) atoms. The Morgan fingerprint density at radius 3 is 2.38 bits per heavy atom. The number of carbonyl (C=O) groups excluding carboxylic acids is 2. The zero-order chi connectivity index (χ0) is 24.5. The third-order valence-corrected chi connectivity index (χ3v) is 6.68. The second-order valence-electron chi connectivity index (χ2n) is 9.79. The van der Waals surface area contributed by atoms with Crippen molar-refractivity contribution in [2.75, 3.05) is 6.61 Å². The molecule has 1 atom stereocenters. The molecule has 1 aliphatic rings. The van der Waals surface area contributed by atoms with Crippen molar-refractivity contribution in [3.8, 4) is 5.75 Å². The van der Waals surface area contributed by atoms with Crippen LogP contribution in [0.2, 0.25) is 0 Å². The van der Waals surface area contributed by atoms with Crippen LogP contribution in [0.3, 0.4) is 0 Å². The Morgan fingerprint density at radius 2 is 1.76 bits per heavy atom. The first-order chi connectivity index (χ1) is 16.4. The lowest BCUT2D eigenvalue weighted by molar-refractivity contribution is -0.143. The molecule has 2 amide bonds. The Labute approximate surface area is 204 Å². The van der Waals surface area contributed by atoms with Gasteiger partial charge in [-0.05, 0) is 55.4 Å². The Kier molecular flexibility index (Phi) is 9.55. The Morgan fingerprint density at radius 1 is 1.06 bits per heavy atom. The van der Waals surface area contributed by atoms with E-state index in [1.54, 1.807) is 4.90 Å². The molecule has 2 aromatic carbocycles. The maximum absolute atomic E-state index is 13.4. The lowest BCUT2D eigenvalue weighted by atomic mass is 9.95. The van der Waals surface area contributed by atoms with Gasteiger partial charge in [-0.1, -0.05) is 82.0 Å². The smallest absolute Gasteiger partial charge is 0.261 e. The van der Waals surface area contributed by atoms with E-state index in [0.717, 1.165) is 36.8 Å². The number of aryl methyl sites for hydroxylation is 1. The van der Waals surface area contributed by atoms with Gasteiger partial charge in [0.25, 0.3) is 5.91 Å². The predicted octanol–water partition coefficient (Wildman–Crippen LogP) is 5.75. The zero-order valence-corrected chi connectivity index (χ0v) is 21.2. The van der Waals surface area contributed by atoms with E-state index >= 15 is 0 Å². The van der Waals surface area contributed by atoms with E-state index in [9.17, 15) is 9.59 Å². The van der Waals surface area contributed by atoms with Crippen LogP contribution in [-0.2, 0) is 16.1 Å². The first-order valence-electron chi connectivity index (χ1n) is 12.8. The Hall–Kier alpha value is -2.82. The number of amides is 2. The average Bonchev–Trinajstić information content (AvgIpc) is 2.83. The topological polar surface area (TPSA) is 58.6 Å². The van der Waals surface area contributed by atoms with Gasteiger partial charge < -0.3 is 15.0 Å². The fourth-order valence-electron chi connectivity index (χ4n) is 4.65. The van der Waals surface area contributed by atoms with E-state index in [-0.39, 0.29) is 24.5 Å². The second kappa shape index (κ2) is 12.6. The standard InChI is InChI=1S/C29H40N2O3/c1-5-27(29(33)30-25-12-7-6-8-13-25)31(19-23-11-9-10-22(4)18-23)28(32)20-34-26-16-14-24(15-17-26)21(2)3/h9-11,14-18,21,25,27H,5-8,12-13,19-20H2,1-4H3,(H,30,33)/t27-/m0/s1. The van der Waals surface area contributed by atoms with Crippen molar-refractivity contribution >= 4 is 11.8 Å². The molecule has 0 aliphatic heterocycles. The fraction of sp³-hybridized carbons (Fsp3) is 0.517. The summed E-state index contributed by atoms with van der Waals surface area (Å²) in [5, 5.41) is 3.22. The van der Waals surface area contributed by atoms with Crippen molar-refractivity contribution < 1.29 is 14.3 Å². The summed E-state index contributed by atoms with van der Waals surface area (Å²) >= 11 is 0. The molecule has 1 aliphatic carbocycles. The van der Waals surface area contributed by atoms with Crippen molar-refractivity contribution in [1.82, 2.24) is 10.2 Å². The van der Waals surface area contributed by atoms with Gasteiger partial charge in [0.2, 0.25) is 5.91 Å². The monoisotopic (exact) mass is 464 g/mol. The second-order valence-corrected chi connectivity index (χ2v) is 9.79. The van der Waals surface area contributed by atoms with Crippen LogP contribution in [-0.4, -0.2) is 35.4 Å². The molecule has 1 N–H and O–H groups in total. The number of hydrogen-bond acceptors (Lipinski definition) is 3. The number of nitrogens with zero attached hydrogens (tertiary/aromatic N) is 1. The minimum absolute atomic E-state index is 0.0586. The van der Waals surface area contributed by atoms with Gasteiger partial charge in [0.15, 0.2) is 6.61 Å².